The lowest BCUT2D eigenvalue weighted by Gasteiger charge is -2.24. The first kappa shape index (κ1) is 13.4. The molecule has 1 saturated heterocycles. The van der Waals surface area contributed by atoms with Crippen LogP contribution < -0.4 is 4.90 Å². The van der Waals surface area contributed by atoms with Crippen LogP contribution in [0.2, 0.25) is 0 Å². The molecule has 2 rings (SSSR count). The number of hydrogen-bond acceptors (Lipinski definition) is 3. The molecule has 0 radical (unpaired) electrons. The average molecular weight is 249 g/mol. The summed E-state index contributed by atoms with van der Waals surface area (Å²) in [6.45, 7) is 4.30. The van der Waals surface area contributed by atoms with Crippen LogP contribution in [0.25, 0.3) is 0 Å². The molecule has 18 heavy (non-hydrogen) atoms. The molecule has 0 bridgehead atoms. The van der Waals surface area contributed by atoms with E-state index in [1.54, 1.807) is 0 Å². The Morgan fingerprint density at radius 1 is 1.39 bits per heavy atom. The van der Waals surface area contributed by atoms with Crippen LogP contribution in [0, 0.1) is 5.92 Å². The second-order valence-electron chi connectivity index (χ2n) is 5.10. The van der Waals surface area contributed by atoms with Crippen molar-refractivity contribution in [2.75, 3.05) is 24.6 Å². The Morgan fingerprint density at radius 3 is 2.89 bits per heavy atom. The number of anilines is 1. The molecule has 1 aliphatic heterocycles. The molecule has 0 saturated carbocycles. The summed E-state index contributed by atoms with van der Waals surface area (Å²) in [4.78, 5) is 2.34. The number of hydrogen-bond donors (Lipinski definition) is 2. The number of aliphatic hydroxyl groups is 2. The van der Waals surface area contributed by atoms with Gasteiger partial charge in [0.15, 0.2) is 0 Å². The SMILES string of the molecule is CC[C@H](O)c1ccccc1N1CCC(CCO)C1. The zero-order valence-electron chi connectivity index (χ0n) is 11.0. The third-order valence-corrected chi connectivity index (χ3v) is 3.85. The largest absolute Gasteiger partial charge is 0.396 e. The monoisotopic (exact) mass is 249 g/mol. The molecule has 1 aromatic carbocycles. The van der Waals surface area contributed by atoms with E-state index >= 15 is 0 Å². The maximum atomic E-state index is 10.1. The van der Waals surface area contributed by atoms with E-state index in [2.05, 4.69) is 11.0 Å². The zero-order chi connectivity index (χ0) is 13.0. The maximum Gasteiger partial charge on any atom is 0.0807 e. The smallest absolute Gasteiger partial charge is 0.0807 e. The third-order valence-electron chi connectivity index (χ3n) is 3.85. The van der Waals surface area contributed by atoms with Crippen molar-refractivity contribution in [3.8, 4) is 0 Å². The van der Waals surface area contributed by atoms with E-state index in [4.69, 9.17) is 5.11 Å². The quantitative estimate of drug-likeness (QED) is 0.842. The van der Waals surface area contributed by atoms with E-state index in [9.17, 15) is 5.11 Å². The molecule has 3 heteroatoms. The standard InChI is InChI=1S/C15H23NO2/c1-2-15(18)13-5-3-4-6-14(13)16-9-7-12(11-16)8-10-17/h3-6,12,15,17-18H,2,7-11H2,1H3/t12?,15-/m0/s1. The summed E-state index contributed by atoms with van der Waals surface area (Å²) >= 11 is 0. The highest BCUT2D eigenvalue weighted by Crippen LogP contribution is 2.32. The first-order valence-electron chi connectivity index (χ1n) is 6.89. The highest BCUT2D eigenvalue weighted by atomic mass is 16.3. The fraction of sp³-hybridized carbons (Fsp3) is 0.600. The minimum Gasteiger partial charge on any atom is -0.396 e. The van der Waals surface area contributed by atoms with Gasteiger partial charge in [-0.05, 0) is 31.2 Å². The van der Waals surface area contributed by atoms with Crippen molar-refractivity contribution < 1.29 is 10.2 Å². The summed E-state index contributed by atoms with van der Waals surface area (Å²) in [5.74, 6) is 0.585. The molecule has 0 aliphatic carbocycles. The molecule has 100 valence electrons. The van der Waals surface area contributed by atoms with Crippen LogP contribution in [0.3, 0.4) is 0 Å². The van der Waals surface area contributed by atoms with Crippen LogP contribution in [0.15, 0.2) is 24.3 Å². The zero-order valence-corrected chi connectivity index (χ0v) is 11.0. The maximum absolute atomic E-state index is 10.1. The van der Waals surface area contributed by atoms with Gasteiger partial charge in [-0.1, -0.05) is 25.1 Å². The van der Waals surface area contributed by atoms with Crippen molar-refractivity contribution in [2.45, 2.75) is 32.3 Å². The van der Waals surface area contributed by atoms with Crippen LogP contribution in [0.4, 0.5) is 5.69 Å². The molecule has 2 N–H and O–H groups in total. The lowest BCUT2D eigenvalue weighted by atomic mass is 10.0. The van der Waals surface area contributed by atoms with Crippen molar-refractivity contribution in [1.82, 2.24) is 0 Å². The van der Waals surface area contributed by atoms with E-state index in [-0.39, 0.29) is 12.7 Å². The lowest BCUT2D eigenvalue weighted by Crippen LogP contribution is -2.22. The second-order valence-corrected chi connectivity index (χ2v) is 5.10. The van der Waals surface area contributed by atoms with E-state index in [1.807, 2.05) is 25.1 Å². The predicted octanol–water partition coefficient (Wildman–Crippen LogP) is 2.34. The molecule has 0 spiro atoms. The summed E-state index contributed by atoms with van der Waals surface area (Å²) in [6.07, 6.45) is 2.38. The second kappa shape index (κ2) is 6.21. The van der Waals surface area contributed by atoms with Gasteiger partial charge in [0.2, 0.25) is 0 Å². The van der Waals surface area contributed by atoms with Crippen LogP contribution >= 0.6 is 0 Å². The molecule has 1 aliphatic rings. The highest BCUT2D eigenvalue weighted by molar-refractivity contribution is 5.55. The first-order valence-corrected chi connectivity index (χ1v) is 6.89. The minimum absolute atomic E-state index is 0.276. The van der Waals surface area contributed by atoms with E-state index in [0.717, 1.165) is 43.6 Å². The Bertz CT molecular complexity index is 381. The van der Waals surface area contributed by atoms with E-state index in [1.165, 1.54) is 0 Å². The fourth-order valence-electron chi connectivity index (χ4n) is 2.75. The van der Waals surface area contributed by atoms with Gasteiger partial charge in [-0.25, -0.2) is 0 Å². The summed E-state index contributed by atoms with van der Waals surface area (Å²) in [7, 11) is 0. The van der Waals surface area contributed by atoms with Gasteiger partial charge in [0.05, 0.1) is 6.10 Å². The van der Waals surface area contributed by atoms with E-state index < -0.39 is 0 Å². The van der Waals surface area contributed by atoms with Gasteiger partial charge in [-0.3, -0.25) is 0 Å². The van der Waals surface area contributed by atoms with Crippen LogP contribution in [0.5, 0.6) is 0 Å². The Hall–Kier alpha value is -1.06. The lowest BCUT2D eigenvalue weighted by molar-refractivity contribution is 0.174. The van der Waals surface area contributed by atoms with Gasteiger partial charge < -0.3 is 15.1 Å². The summed E-state index contributed by atoms with van der Waals surface area (Å²) < 4.78 is 0. The fourth-order valence-corrected chi connectivity index (χ4v) is 2.75. The molecule has 1 fully saturated rings. The summed E-state index contributed by atoms with van der Waals surface area (Å²) in [6, 6.07) is 8.12. The Balaban J connectivity index is 2.14. The first-order chi connectivity index (χ1) is 8.76. The molecule has 0 aromatic heterocycles. The van der Waals surface area contributed by atoms with Crippen LogP contribution in [-0.4, -0.2) is 29.9 Å². The minimum atomic E-state index is -0.377. The topological polar surface area (TPSA) is 43.7 Å². The van der Waals surface area contributed by atoms with Gasteiger partial charge in [-0.15, -0.1) is 0 Å². The van der Waals surface area contributed by atoms with E-state index in [0.29, 0.717) is 5.92 Å². The molecule has 1 unspecified atom stereocenters. The highest BCUT2D eigenvalue weighted by Gasteiger charge is 2.24. The molecule has 3 nitrogen and oxygen atoms in total. The normalized spacial score (nSPS) is 21.3. The number of rotatable bonds is 5. The molecular weight excluding hydrogens is 226 g/mol. The Kier molecular flexibility index (Phi) is 4.61. The van der Waals surface area contributed by atoms with Crippen molar-refractivity contribution in [1.29, 1.82) is 0 Å². The van der Waals surface area contributed by atoms with Crippen molar-refractivity contribution >= 4 is 5.69 Å². The molecule has 1 aromatic rings. The van der Waals surface area contributed by atoms with Crippen LogP contribution in [-0.2, 0) is 0 Å². The van der Waals surface area contributed by atoms with Gasteiger partial charge in [0.1, 0.15) is 0 Å². The van der Waals surface area contributed by atoms with Crippen molar-refractivity contribution in [3.63, 3.8) is 0 Å². The van der Waals surface area contributed by atoms with Crippen LogP contribution in [0.1, 0.15) is 37.9 Å². The van der Waals surface area contributed by atoms with Gasteiger partial charge in [0, 0.05) is 30.9 Å². The summed E-state index contributed by atoms with van der Waals surface area (Å²) in [5, 5.41) is 19.1. The number of aliphatic hydroxyl groups excluding tert-OH is 2. The number of nitrogens with zero attached hydrogens (tertiary/aromatic N) is 1. The number of para-hydroxylation sites is 1. The average Bonchev–Trinajstić information content (AvgIpc) is 2.87. The summed E-state index contributed by atoms with van der Waals surface area (Å²) in [5.41, 5.74) is 2.19. The van der Waals surface area contributed by atoms with Crippen molar-refractivity contribution in [2.24, 2.45) is 5.92 Å². The van der Waals surface area contributed by atoms with Gasteiger partial charge >= 0.3 is 0 Å². The molecular formula is C15H23NO2. The number of benzene rings is 1. The Labute approximate surface area is 109 Å². The van der Waals surface area contributed by atoms with Gasteiger partial charge in [0.25, 0.3) is 0 Å². The predicted molar refractivity (Wildman–Crippen MR) is 73.7 cm³/mol. The van der Waals surface area contributed by atoms with Crippen molar-refractivity contribution in [3.05, 3.63) is 29.8 Å². The molecule has 2 atom stereocenters. The Morgan fingerprint density at radius 2 is 2.17 bits per heavy atom. The molecule has 1 heterocycles. The third kappa shape index (κ3) is 2.85. The van der Waals surface area contributed by atoms with Gasteiger partial charge in [-0.2, -0.15) is 0 Å². The molecule has 0 amide bonds.